The molecule has 0 N–H and O–H groups in total. The van der Waals surface area contributed by atoms with Crippen molar-refractivity contribution in [2.45, 2.75) is 26.3 Å². The topological polar surface area (TPSA) is 63.9 Å². The third-order valence-corrected chi connectivity index (χ3v) is 6.17. The molecule has 8 heteroatoms. The zero-order valence-electron chi connectivity index (χ0n) is 17.9. The fraction of sp³-hybridized carbons (Fsp3) is 0.250. The molecule has 2 aromatic carbocycles. The molecule has 0 fully saturated rings. The molecule has 0 unspecified atom stereocenters. The molecule has 162 valence electrons. The molecule has 1 aliphatic heterocycles. The highest BCUT2D eigenvalue weighted by Crippen LogP contribution is 2.37. The number of nitrogens with zero attached hydrogens (tertiary/aromatic N) is 5. The van der Waals surface area contributed by atoms with E-state index in [0.29, 0.717) is 35.3 Å². The highest BCUT2D eigenvalue weighted by Gasteiger charge is 2.33. The standard InChI is InChI=1S/C24H21F2N5O/c1-13-18(25)10-16(11-19(13)26)23-17-6-9-31(14(2)22(17)29-30(23)3)24(32)15-4-5-20-21(12-15)28-8-7-27-20/h4-5,7-8,10-12,14H,6,9H2,1-3H3/t14-/m0/s1. The zero-order chi connectivity index (χ0) is 22.6. The molecule has 0 saturated heterocycles. The van der Waals surface area contributed by atoms with Crippen molar-refractivity contribution in [3.05, 3.63) is 76.7 Å². The summed E-state index contributed by atoms with van der Waals surface area (Å²) in [6.45, 7) is 3.81. The van der Waals surface area contributed by atoms with Crippen molar-refractivity contribution in [2.75, 3.05) is 6.54 Å². The number of aromatic nitrogens is 4. The summed E-state index contributed by atoms with van der Waals surface area (Å²) in [4.78, 5) is 23.6. The predicted molar refractivity (Wildman–Crippen MR) is 116 cm³/mol. The molecule has 6 nitrogen and oxygen atoms in total. The summed E-state index contributed by atoms with van der Waals surface area (Å²) in [5.74, 6) is -1.29. The third kappa shape index (κ3) is 3.14. The molecule has 0 aliphatic carbocycles. The van der Waals surface area contributed by atoms with Gasteiger partial charge >= 0.3 is 0 Å². The van der Waals surface area contributed by atoms with Crippen molar-refractivity contribution in [1.82, 2.24) is 24.6 Å². The number of fused-ring (bicyclic) bond motifs is 2. The summed E-state index contributed by atoms with van der Waals surface area (Å²) in [5, 5.41) is 4.62. The number of amides is 1. The summed E-state index contributed by atoms with van der Waals surface area (Å²) in [6.07, 6.45) is 3.75. The summed E-state index contributed by atoms with van der Waals surface area (Å²) >= 11 is 0. The molecule has 0 bridgehead atoms. The Hall–Kier alpha value is -3.68. The maximum atomic E-state index is 14.2. The van der Waals surface area contributed by atoms with Gasteiger partial charge in [-0.1, -0.05) is 0 Å². The Morgan fingerprint density at radius 2 is 1.75 bits per heavy atom. The first-order valence-electron chi connectivity index (χ1n) is 10.4. The summed E-state index contributed by atoms with van der Waals surface area (Å²) in [6, 6.07) is 7.68. The van der Waals surface area contributed by atoms with E-state index in [2.05, 4.69) is 15.1 Å². The van der Waals surface area contributed by atoms with Gasteiger partial charge in [0.15, 0.2) is 0 Å². The Morgan fingerprint density at radius 1 is 1.06 bits per heavy atom. The average Bonchev–Trinajstić information content (AvgIpc) is 3.13. The van der Waals surface area contributed by atoms with Crippen molar-refractivity contribution < 1.29 is 13.6 Å². The maximum absolute atomic E-state index is 14.2. The van der Waals surface area contributed by atoms with E-state index in [0.717, 1.165) is 16.8 Å². The molecule has 3 heterocycles. The van der Waals surface area contributed by atoms with Crippen LogP contribution in [0, 0.1) is 18.6 Å². The van der Waals surface area contributed by atoms with Gasteiger partial charge in [0, 0.05) is 48.2 Å². The SMILES string of the molecule is Cc1c(F)cc(-c2c3c(nn2C)[C@H](C)N(C(=O)c2ccc4nccnc4c2)CC3)cc1F. The number of rotatable bonds is 2. The lowest BCUT2D eigenvalue weighted by Crippen LogP contribution is -2.38. The Labute approximate surface area is 183 Å². The van der Waals surface area contributed by atoms with Crippen LogP contribution in [-0.4, -0.2) is 37.1 Å². The third-order valence-electron chi connectivity index (χ3n) is 6.17. The lowest BCUT2D eigenvalue weighted by atomic mass is 9.94. The average molecular weight is 433 g/mol. The van der Waals surface area contributed by atoms with Gasteiger partial charge in [0.25, 0.3) is 5.91 Å². The number of halogens is 2. The zero-order valence-corrected chi connectivity index (χ0v) is 17.9. The van der Waals surface area contributed by atoms with Crippen LogP contribution in [0.3, 0.4) is 0 Å². The molecule has 1 atom stereocenters. The van der Waals surface area contributed by atoms with E-state index in [4.69, 9.17) is 0 Å². The van der Waals surface area contributed by atoms with Crippen molar-refractivity contribution in [2.24, 2.45) is 7.05 Å². The second-order valence-electron chi connectivity index (χ2n) is 8.09. The van der Waals surface area contributed by atoms with Crippen LogP contribution in [0.15, 0.2) is 42.7 Å². The van der Waals surface area contributed by atoms with E-state index in [1.54, 1.807) is 47.2 Å². The highest BCUT2D eigenvalue weighted by molar-refractivity contribution is 5.97. The van der Waals surface area contributed by atoms with Gasteiger partial charge in [-0.2, -0.15) is 5.10 Å². The quantitative estimate of drug-likeness (QED) is 0.471. The van der Waals surface area contributed by atoms with Gasteiger partial charge in [0.1, 0.15) is 11.6 Å². The van der Waals surface area contributed by atoms with Crippen LogP contribution >= 0.6 is 0 Å². The lowest BCUT2D eigenvalue weighted by molar-refractivity contribution is 0.0674. The van der Waals surface area contributed by atoms with E-state index < -0.39 is 11.6 Å². The minimum Gasteiger partial charge on any atom is -0.330 e. The Morgan fingerprint density at radius 3 is 2.47 bits per heavy atom. The number of carbonyl (C=O) groups excluding carboxylic acids is 1. The molecular formula is C24H21F2N5O. The summed E-state index contributed by atoms with van der Waals surface area (Å²) in [7, 11) is 1.75. The molecule has 0 radical (unpaired) electrons. The smallest absolute Gasteiger partial charge is 0.254 e. The number of carbonyl (C=O) groups is 1. The first-order chi connectivity index (χ1) is 15.3. The van der Waals surface area contributed by atoms with Crippen LogP contribution in [0.2, 0.25) is 0 Å². The highest BCUT2D eigenvalue weighted by atomic mass is 19.1. The second-order valence-corrected chi connectivity index (χ2v) is 8.09. The van der Waals surface area contributed by atoms with Gasteiger partial charge in [-0.3, -0.25) is 19.4 Å². The summed E-state index contributed by atoms with van der Waals surface area (Å²) in [5.41, 5.74) is 4.69. The lowest BCUT2D eigenvalue weighted by Gasteiger charge is -2.33. The van der Waals surface area contributed by atoms with Gasteiger partial charge in [-0.15, -0.1) is 0 Å². The van der Waals surface area contributed by atoms with Crippen molar-refractivity contribution in [3.63, 3.8) is 0 Å². The first-order valence-corrected chi connectivity index (χ1v) is 10.4. The van der Waals surface area contributed by atoms with Gasteiger partial charge in [0.05, 0.1) is 28.5 Å². The van der Waals surface area contributed by atoms with Crippen LogP contribution in [0.25, 0.3) is 22.3 Å². The van der Waals surface area contributed by atoms with E-state index in [-0.39, 0.29) is 17.5 Å². The van der Waals surface area contributed by atoms with Crippen molar-refractivity contribution in [3.8, 4) is 11.3 Å². The molecule has 1 amide bonds. The predicted octanol–water partition coefficient (Wildman–Crippen LogP) is 4.38. The van der Waals surface area contributed by atoms with Crippen molar-refractivity contribution >= 4 is 16.9 Å². The molecule has 5 rings (SSSR count). The van der Waals surface area contributed by atoms with Gasteiger partial charge in [-0.05, 0) is 50.6 Å². The van der Waals surface area contributed by atoms with E-state index in [9.17, 15) is 13.6 Å². The minimum atomic E-state index is -0.588. The number of aryl methyl sites for hydroxylation is 1. The van der Waals surface area contributed by atoms with Crippen LogP contribution in [0.4, 0.5) is 8.78 Å². The first kappa shape index (κ1) is 20.2. The maximum Gasteiger partial charge on any atom is 0.254 e. The van der Waals surface area contributed by atoms with E-state index >= 15 is 0 Å². The molecule has 1 aliphatic rings. The Kier molecular flexibility index (Phi) is 4.73. The van der Waals surface area contributed by atoms with Gasteiger partial charge < -0.3 is 4.90 Å². The van der Waals surface area contributed by atoms with Crippen LogP contribution in [0.1, 0.15) is 40.1 Å². The van der Waals surface area contributed by atoms with Gasteiger partial charge in [0.2, 0.25) is 0 Å². The number of benzene rings is 2. The molecule has 2 aromatic heterocycles. The fourth-order valence-corrected chi connectivity index (χ4v) is 4.43. The van der Waals surface area contributed by atoms with Crippen LogP contribution in [-0.2, 0) is 13.5 Å². The number of hydrogen-bond acceptors (Lipinski definition) is 4. The summed E-state index contributed by atoms with van der Waals surface area (Å²) < 4.78 is 30.1. The largest absolute Gasteiger partial charge is 0.330 e. The Balaban J connectivity index is 1.51. The van der Waals surface area contributed by atoms with Gasteiger partial charge in [-0.25, -0.2) is 8.78 Å². The number of hydrogen-bond donors (Lipinski definition) is 0. The minimum absolute atomic E-state index is 0.00463. The fourth-order valence-electron chi connectivity index (χ4n) is 4.43. The van der Waals surface area contributed by atoms with Crippen LogP contribution < -0.4 is 0 Å². The second kappa shape index (κ2) is 7.47. The monoisotopic (exact) mass is 433 g/mol. The molecule has 0 spiro atoms. The normalized spacial score (nSPS) is 15.8. The van der Waals surface area contributed by atoms with E-state index in [1.807, 2.05) is 6.92 Å². The van der Waals surface area contributed by atoms with Crippen LogP contribution in [0.5, 0.6) is 0 Å². The van der Waals surface area contributed by atoms with Crippen molar-refractivity contribution in [1.29, 1.82) is 0 Å². The van der Waals surface area contributed by atoms with E-state index in [1.165, 1.54) is 19.1 Å². The molecule has 4 aromatic rings. The Bertz CT molecular complexity index is 1360. The molecule has 32 heavy (non-hydrogen) atoms. The molecule has 0 saturated carbocycles. The molecular weight excluding hydrogens is 412 g/mol.